The fourth-order valence-electron chi connectivity index (χ4n) is 1.93. The van der Waals surface area contributed by atoms with E-state index in [0.717, 1.165) is 6.42 Å². The Kier molecular flexibility index (Phi) is 6.65. The molecule has 0 saturated carbocycles. The summed E-state index contributed by atoms with van der Waals surface area (Å²) in [6.45, 7) is 4.68. The summed E-state index contributed by atoms with van der Waals surface area (Å²) in [6, 6.07) is 7.27. The van der Waals surface area contributed by atoms with Gasteiger partial charge in [0.2, 0.25) is 0 Å². The minimum Gasteiger partial charge on any atom is -0.395 e. The van der Waals surface area contributed by atoms with Gasteiger partial charge in [-0.1, -0.05) is 43.6 Å². The second-order valence-electron chi connectivity index (χ2n) is 4.95. The molecule has 3 nitrogen and oxygen atoms in total. The van der Waals surface area contributed by atoms with Crippen LogP contribution in [0.15, 0.2) is 24.3 Å². The highest BCUT2D eigenvalue weighted by Gasteiger charge is 2.14. The summed E-state index contributed by atoms with van der Waals surface area (Å²) in [5.41, 5.74) is 0.716. The molecule has 0 heterocycles. The number of hydrogen-bond donors (Lipinski definition) is 3. The Labute approximate surface area is 114 Å². The third kappa shape index (κ3) is 4.94. The van der Waals surface area contributed by atoms with Crippen molar-refractivity contribution in [2.45, 2.75) is 32.4 Å². The van der Waals surface area contributed by atoms with E-state index in [-0.39, 0.29) is 12.6 Å². The predicted molar refractivity (Wildman–Crippen MR) is 74.7 cm³/mol. The molecule has 0 aliphatic carbocycles. The molecule has 2 atom stereocenters. The van der Waals surface area contributed by atoms with Gasteiger partial charge in [0, 0.05) is 23.2 Å². The van der Waals surface area contributed by atoms with E-state index in [1.807, 2.05) is 18.2 Å². The molecule has 18 heavy (non-hydrogen) atoms. The summed E-state index contributed by atoms with van der Waals surface area (Å²) in [5, 5.41) is 23.0. The quantitative estimate of drug-likeness (QED) is 0.714. The highest BCUT2D eigenvalue weighted by Crippen LogP contribution is 2.22. The number of benzene rings is 1. The van der Waals surface area contributed by atoms with Crippen LogP contribution in [-0.4, -0.2) is 29.4 Å². The van der Waals surface area contributed by atoms with Crippen LogP contribution in [0.1, 0.15) is 31.9 Å². The lowest BCUT2D eigenvalue weighted by atomic mass is 10.0. The maximum Gasteiger partial charge on any atom is 0.0928 e. The zero-order valence-electron chi connectivity index (χ0n) is 10.9. The first-order valence-corrected chi connectivity index (χ1v) is 6.69. The van der Waals surface area contributed by atoms with Gasteiger partial charge in [-0.15, -0.1) is 0 Å². The summed E-state index contributed by atoms with van der Waals surface area (Å²) < 4.78 is 0. The van der Waals surface area contributed by atoms with E-state index in [0.29, 0.717) is 23.0 Å². The zero-order valence-corrected chi connectivity index (χ0v) is 11.7. The number of rotatable bonds is 7. The number of aliphatic hydroxyl groups excluding tert-OH is 2. The molecule has 1 rings (SSSR count). The highest BCUT2D eigenvalue weighted by atomic mass is 35.5. The Morgan fingerprint density at radius 2 is 1.94 bits per heavy atom. The van der Waals surface area contributed by atoms with E-state index in [1.54, 1.807) is 6.07 Å². The minimum atomic E-state index is -0.653. The van der Waals surface area contributed by atoms with Crippen LogP contribution in [0, 0.1) is 5.92 Å². The van der Waals surface area contributed by atoms with Gasteiger partial charge in [-0.2, -0.15) is 0 Å². The standard InChI is InChI=1S/C14H22ClNO2/c1-10(2)7-11(9-17)16-8-14(18)12-5-3-4-6-13(12)15/h3-6,10-11,14,16-18H,7-9H2,1-2H3. The van der Waals surface area contributed by atoms with E-state index < -0.39 is 6.10 Å². The van der Waals surface area contributed by atoms with Crippen molar-refractivity contribution >= 4 is 11.6 Å². The molecule has 3 N–H and O–H groups in total. The first-order valence-electron chi connectivity index (χ1n) is 6.31. The second-order valence-corrected chi connectivity index (χ2v) is 5.36. The van der Waals surface area contributed by atoms with Crippen molar-refractivity contribution < 1.29 is 10.2 Å². The Morgan fingerprint density at radius 3 is 2.50 bits per heavy atom. The van der Waals surface area contributed by atoms with E-state index in [4.69, 9.17) is 11.6 Å². The average molecular weight is 272 g/mol. The summed E-state index contributed by atoms with van der Waals surface area (Å²) in [5.74, 6) is 0.507. The molecular formula is C14H22ClNO2. The van der Waals surface area contributed by atoms with Gasteiger partial charge in [-0.25, -0.2) is 0 Å². The lowest BCUT2D eigenvalue weighted by Gasteiger charge is -2.21. The monoisotopic (exact) mass is 271 g/mol. The molecule has 0 aromatic heterocycles. The predicted octanol–water partition coefficient (Wildman–Crippen LogP) is 2.37. The molecule has 0 saturated heterocycles. The van der Waals surface area contributed by atoms with Crippen LogP contribution >= 0.6 is 11.6 Å². The van der Waals surface area contributed by atoms with Gasteiger partial charge in [0.1, 0.15) is 0 Å². The van der Waals surface area contributed by atoms with Crippen molar-refractivity contribution in [1.29, 1.82) is 0 Å². The van der Waals surface area contributed by atoms with Crippen molar-refractivity contribution in [2.24, 2.45) is 5.92 Å². The van der Waals surface area contributed by atoms with Crippen molar-refractivity contribution in [1.82, 2.24) is 5.32 Å². The molecule has 1 aromatic rings. The highest BCUT2D eigenvalue weighted by molar-refractivity contribution is 6.31. The van der Waals surface area contributed by atoms with E-state index in [1.165, 1.54) is 0 Å². The molecule has 0 amide bonds. The summed E-state index contributed by atoms with van der Waals surface area (Å²) >= 11 is 6.02. The maximum atomic E-state index is 10.1. The molecule has 0 aliphatic rings. The molecule has 0 aliphatic heterocycles. The first-order chi connectivity index (χ1) is 8.54. The molecule has 4 heteroatoms. The average Bonchev–Trinajstić information content (AvgIpc) is 2.34. The van der Waals surface area contributed by atoms with Gasteiger partial charge in [0.05, 0.1) is 12.7 Å². The maximum absolute atomic E-state index is 10.1. The number of halogens is 1. The van der Waals surface area contributed by atoms with Crippen LogP contribution in [0.5, 0.6) is 0 Å². The summed E-state index contributed by atoms with van der Waals surface area (Å²) in [6.07, 6.45) is 0.228. The van der Waals surface area contributed by atoms with Crippen LogP contribution in [0.4, 0.5) is 0 Å². The summed E-state index contributed by atoms with van der Waals surface area (Å²) in [4.78, 5) is 0. The van der Waals surface area contributed by atoms with Crippen LogP contribution in [0.3, 0.4) is 0 Å². The molecule has 0 fully saturated rings. The molecule has 0 bridgehead atoms. The second kappa shape index (κ2) is 7.74. The smallest absolute Gasteiger partial charge is 0.0928 e. The third-order valence-corrected chi connectivity index (χ3v) is 3.18. The third-order valence-electron chi connectivity index (χ3n) is 2.84. The van der Waals surface area contributed by atoms with Crippen LogP contribution < -0.4 is 5.32 Å². The van der Waals surface area contributed by atoms with E-state index in [2.05, 4.69) is 19.2 Å². The molecule has 2 unspecified atom stereocenters. The molecule has 0 spiro atoms. The van der Waals surface area contributed by atoms with Gasteiger partial charge in [-0.3, -0.25) is 0 Å². The van der Waals surface area contributed by atoms with Crippen molar-refractivity contribution in [3.05, 3.63) is 34.9 Å². The Bertz CT molecular complexity index is 357. The van der Waals surface area contributed by atoms with E-state index in [9.17, 15) is 10.2 Å². The fourth-order valence-corrected chi connectivity index (χ4v) is 2.19. The van der Waals surface area contributed by atoms with Crippen molar-refractivity contribution in [2.75, 3.05) is 13.2 Å². The normalized spacial score (nSPS) is 14.8. The lowest BCUT2D eigenvalue weighted by molar-refractivity contribution is 0.154. The minimum absolute atomic E-state index is 0.0159. The first kappa shape index (κ1) is 15.4. The van der Waals surface area contributed by atoms with Gasteiger partial charge in [-0.05, 0) is 18.4 Å². The van der Waals surface area contributed by atoms with Crippen LogP contribution in [-0.2, 0) is 0 Å². The van der Waals surface area contributed by atoms with Gasteiger partial charge in [0.15, 0.2) is 0 Å². The topological polar surface area (TPSA) is 52.5 Å². The SMILES string of the molecule is CC(C)CC(CO)NCC(O)c1ccccc1Cl. The fraction of sp³-hybridized carbons (Fsp3) is 0.571. The van der Waals surface area contributed by atoms with Crippen LogP contribution in [0.25, 0.3) is 0 Å². The van der Waals surface area contributed by atoms with Gasteiger partial charge >= 0.3 is 0 Å². The van der Waals surface area contributed by atoms with Crippen molar-refractivity contribution in [3.8, 4) is 0 Å². The van der Waals surface area contributed by atoms with Crippen molar-refractivity contribution in [3.63, 3.8) is 0 Å². The zero-order chi connectivity index (χ0) is 13.5. The lowest BCUT2D eigenvalue weighted by Crippen LogP contribution is -2.36. The Morgan fingerprint density at radius 1 is 1.28 bits per heavy atom. The summed E-state index contributed by atoms with van der Waals surface area (Å²) in [7, 11) is 0. The largest absolute Gasteiger partial charge is 0.395 e. The molecular weight excluding hydrogens is 250 g/mol. The molecule has 102 valence electrons. The Hall–Kier alpha value is -0.610. The number of hydrogen-bond acceptors (Lipinski definition) is 3. The Balaban J connectivity index is 2.50. The van der Waals surface area contributed by atoms with Crippen LogP contribution in [0.2, 0.25) is 5.02 Å². The van der Waals surface area contributed by atoms with Gasteiger partial charge < -0.3 is 15.5 Å². The molecule has 0 radical (unpaired) electrons. The molecule has 1 aromatic carbocycles. The van der Waals surface area contributed by atoms with E-state index >= 15 is 0 Å². The number of aliphatic hydroxyl groups is 2. The van der Waals surface area contributed by atoms with Gasteiger partial charge in [0.25, 0.3) is 0 Å². The number of nitrogens with one attached hydrogen (secondary N) is 1.